The topological polar surface area (TPSA) is 72.8 Å². The number of β-amino-alcohol motifs (C(OH)–C–C–N with tert-alkyl or cyclic N) is 1. The van der Waals surface area contributed by atoms with Crippen LogP contribution in [0.3, 0.4) is 0 Å². The van der Waals surface area contributed by atoms with Crippen LogP contribution in [0.4, 0.5) is 0 Å². The highest BCUT2D eigenvalue weighted by Crippen LogP contribution is 2.25. The zero-order valence-corrected chi connectivity index (χ0v) is 11.5. The van der Waals surface area contributed by atoms with E-state index in [2.05, 4.69) is 21.2 Å². The number of phenols is 1. The van der Waals surface area contributed by atoms with Crippen LogP contribution in [0.2, 0.25) is 0 Å². The average molecular weight is 315 g/mol. The molecule has 5 nitrogen and oxygen atoms in total. The first kappa shape index (κ1) is 13.3. The normalized spacial score (nSPS) is 23.1. The van der Waals surface area contributed by atoms with Gasteiger partial charge in [0.2, 0.25) is 0 Å². The number of halogens is 1. The number of carbonyl (C=O) groups is 1. The first-order chi connectivity index (χ1) is 8.50. The van der Waals surface area contributed by atoms with Crippen molar-refractivity contribution >= 4 is 21.8 Å². The molecule has 1 heterocycles. The standard InChI is InChI=1S/C12H15BrN2O3/c1-15(9-5-14-6-11(9)17)12(18)7-2-3-8(13)10(16)4-7/h2-4,9,11,14,16-17H,5-6H2,1H3/t9-,11-/m0/s1. The van der Waals surface area contributed by atoms with E-state index >= 15 is 0 Å². The van der Waals surface area contributed by atoms with E-state index in [9.17, 15) is 15.0 Å². The third-order valence-electron chi connectivity index (χ3n) is 3.16. The van der Waals surface area contributed by atoms with Gasteiger partial charge in [0.1, 0.15) is 5.75 Å². The van der Waals surface area contributed by atoms with Gasteiger partial charge >= 0.3 is 0 Å². The average Bonchev–Trinajstić information content (AvgIpc) is 2.77. The Labute approximate surface area is 114 Å². The van der Waals surface area contributed by atoms with Crippen LogP contribution in [-0.4, -0.2) is 53.3 Å². The predicted molar refractivity (Wildman–Crippen MR) is 70.6 cm³/mol. The molecule has 1 aromatic carbocycles. The van der Waals surface area contributed by atoms with Crippen LogP contribution >= 0.6 is 15.9 Å². The lowest BCUT2D eigenvalue weighted by atomic mass is 10.1. The van der Waals surface area contributed by atoms with Crippen LogP contribution in [0.5, 0.6) is 5.75 Å². The fourth-order valence-corrected chi connectivity index (χ4v) is 2.29. The maximum absolute atomic E-state index is 12.2. The van der Waals surface area contributed by atoms with Gasteiger partial charge in [-0.2, -0.15) is 0 Å². The SMILES string of the molecule is CN(C(=O)c1ccc(Br)c(O)c1)[C@H]1CNC[C@@H]1O. The van der Waals surface area contributed by atoms with Crippen LogP contribution in [0.15, 0.2) is 22.7 Å². The number of hydrogen-bond acceptors (Lipinski definition) is 4. The van der Waals surface area contributed by atoms with Crippen molar-refractivity contribution in [3.63, 3.8) is 0 Å². The summed E-state index contributed by atoms with van der Waals surface area (Å²) in [5.74, 6) is -0.190. The van der Waals surface area contributed by atoms with Crippen molar-refractivity contribution in [2.45, 2.75) is 12.1 Å². The van der Waals surface area contributed by atoms with E-state index in [1.54, 1.807) is 19.2 Å². The van der Waals surface area contributed by atoms with Gasteiger partial charge in [0.05, 0.1) is 16.6 Å². The third kappa shape index (κ3) is 2.50. The van der Waals surface area contributed by atoms with Gasteiger partial charge < -0.3 is 20.4 Å². The van der Waals surface area contributed by atoms with Crippen molar-refractivity contribution in [1.82, 2.24) is 10.2 Å². The Morgan fingerprint density at radius 3 is 2.78 bits per heavy atom. The zero-order chi connectivity index (χ0) is 13.3. The molecule has 1 aliphatic rings. The summed E-state index contributed by atoms with van der Waals surface area (Å²) in [5.41, 5.74) is 0.400. The van der Waals surface area contributed by atoms with Crippen LogP contribution in [0, 0.1) is 0 Å². The largest absolute Gasteiger partial charge is 0.507 e. The summed E-state index contributed by atoms with van der Waals surface area (Å²) in [6, 6.07) is 4.44. The van der Waals surface area contributed by atoms with Gasteiger partial charge in [-0.3, -0.25) is 4.79 Å². The second-order valence-corrected chi connectivity index (χ2v) is 5.23. The Morgan fingerprint density at radius 2 is 2.22 bits per heavy atom. The van der Waals surface area contributed by atoms with Gasteiger partial charge in [0.15, 0.2) is 0 Å². The molecule has 1 saturated heterocycles. The smallest absolute Gasteiger partial charge is 0.254 e. The van der Waals surface area contributed by atoms with Gasteiger partial charge in [0.25, 0.3) is 5.91 Å². The quantitative estimate of drug-likeness (QED) is 0.746. The van der Waals surface area contributed by atoms with E-state index in [1.807, 2.05) is 0 Å². The van der Waals surface area contributed by atoms with E-state index in [0.717, 1.165) is 0 Å². The van der Waals surface area contributed by atoms with Gasteiger partial charge in [-0.05, 0) is 34.1 Å². The number of nitrogens with zero attached hydrogens (tertiary/aromatic N) is 1. The zero-order valence-electron chi connectivity index (χ0n) is 9.93. The Hall–Kier alpha value is -1.11. The fraction of sp³-hybridized carbons (Fsp3) is 0.417. The molecule has 0 radical (unpaired) electrons. The molecule has 1 fully saturated rings. The first-order valence-electron chi connectivity index (χ1n) is 5.65. The highest BCUT2D eigenvalue weighted by atomic mass is 79.9. The van der Waals surface area contributed by atoms with Crippen LogP contribution in [-0.2, 0) is 0 Å². The number of nitrogens with one attached hydrogen (secondary N) is 1. The Morgan fingerprint density at radius 1 is 1.50 bits per heavy atom. The maximum Gasteiger partial charge on any atom is 0.254 e. The number of phenolic OH excluding ortho intramolecular Hbond substituents is 1. The van der Waals surface area contributed by atoms with E-state index < -0.39 is 6.10 Å². The molecule has 2 atom stereocenters. The van der Waals surface area contributed by atoms with Crippen molar-refractivity contribution in [3.05, 3.63) is 28.2 Å². The summed E-state index contributed by atoms with van der Waals surface area (Å²) in [4.78, 5) is 13.7. The second-order valence-electron chi connectivity index (χ2n) is 4.38. The molecular formula is C12H15BrN2O3. The number of amides is 1. The molecule has 1 aromatic rings. The molecule has 0 spiro atoms. The predicted octanol–water partition coefficient (Wildman–Crippen LogP) is 0.559. The number of rotatable bonds is 2. The molecule has 0 aromatic heterocycles. The minimum absolute atomic E-state index is 0.0272. The lowest BCUT2D eigenvalue weighted by Gasteiger charge is -2.26. The first-order valence-corrected chi connectivity index (χ1v) is 6.44. The third-order valence-corrected chi connectivity index (χ3v) is 3.83. The van der Waals surface area contributed by atoms with Gasteiger partial charge in [0, 0.05) is 25.7 Å². The summed E-state index contributed by atoms with van der Waals surface area (Å²) in [6.45, 7) is 1.07. The molecular weight excluding hydrogens is 300 g/mol. The maximum atomic E-state index is 12.2. The number of carbonyl (C=O) groups excluding carboxylic acids is 1. The van der Waals surface area contributed by atoms with Crippen molar-refractivity contribution < 1.29 is 15.0 Å². The summed E-state index contributed by atoms with van der Waals surface area (Å²) in [6.07, 6.45) is -0.553. The molecule has 0 aliphatic carbocycles. The summed E-state index contributed by atoms with van der Waals surface area (Å²) >= 11 is 3.17. The lowest BCUT2D eigenvalue weighted by Crippen LogP contribution is -2.44. The van der Waals surface area contributed by atoms with Crippen molar-refractivity contribution in [3.8, 4) is 5.75 Å². The van der Waals surface area contributed by atoms with E-state index in [1.165, 1.54) is 11.0 Å². The van der Waals surface area contributed by atoms with Gasteiger partial charge in [-0.25, -0.2) is 0 Å². The molecule has 6 heteroatoms. The van der Waals surface area contributed by atoms with Crippen molar-refractivity contribution in [2.75, 3.05) is 20.1 Å². The van der Waals surface area contributed by atoms with Crippen LogP contribution in [0.1, 0.15) is 10.4 Å². The fourth-order valence-electron chi connectivity index (χ4n) is 2.05. The lowest BCUT2D eigenvalue weighted by molar-refractivity contribution is 0.0581. The highest BCUT2D eigenvalue weighted by molar-refractivity contribution is 9.10. The van der Waals surface area contributed by atoms with E-state index in [4.69, 9.17) is 0 Å². The van der Waals surface area contributed by atoms with Gasteiger partial charge in [-0.15, -0.1) is 0 Å². The molecule has 1 aliphatic heterocycles. The number of aliphatic hydroxyl groups is 1. The van der Waals surface area contributed by atoms with Crippen molar-refractivity contribution in [1.29, 1.82) is 0 Å². The van der Waals surface area contributed by atoms with E-state index in [-0.39, 0.29) is 17.7 Å². The highest BCUT2D eigenvalue weighted by Gasteiger charge is 2.31. The Balaban J connectivity index is 2.17. The van der Waals surface area contributed by atoms with Gasteiger partial charge in [-0.1, -0.05) is 0 Å². The Bertz CT molecular complexity index is 467. The van der Waals surface area contributed by atoms with Crippen molar-refractivity contribution in [2.24, 2.45) is 0 Å². The minimum atomic E-state index is -0.553. The monoisotopic (exact) mass is 314 g/mol. The summed E-state index contributed by atoms with van der Waals surface area (Å²) < 4.78 is 0.546. The molecule has 2 rings (SSSR count). The summed E-state index contributed by atoms with van der Waals surface area (Å²) in [7, 11) is 1.66. The molecule has 0 bridgehead atoms. The Kier molecular flexibility index (Phi) is 3.89. The number of likely N-dealkylation sites (N-methyl/N-ethyl adjacent to an activating group) is 1. The molecule has 98 valence electrons. The number of aliphatic hydroxyl groups excluding tert-OH is 1. The molecule has 3 N–H and O–H groups in total. The van der Waals surface area contributed by atoms with E-state index in [0.29, 0.717) is 23.1 Å². The summed E-state index contributed by atoms with van der Waals surface area (Å²) in [5, 5.41) is 22.3. The van der Waals surface area contributed by atoms with Crippen LogP contribution in [0.25, 0.3) is 0 Å². The molecule has 0 unspecified atom stereocenters. The van der Waals surface area contributed by atoms with Crippen LogP contribution < -0.4 is 5.32 Å². The number of benzene rings is 1. The molecule has 0 saturated carbocycles. The minimum Gasteiger partial charge on any atom is -0.507 e. The number of hydrogen-bond donors (Lipinski definition) is 3. The molecule has 1 amide bonds. The number of aromatic hydroxyl groups is 1. The second kappa shape index (κ2) is 5.26. The molecule has 18 heavy (non-hydrogen) atoms.